The molecule has 1 saturated carbocycles. The second-order valence-corrected chi connectivity index (χ2v) is 6.16. The van der Waals surface area contributed by atoms with Crippen molar-refractivity contribution in [1.29, 1.82) is 0 Å². The SMILES string of the molecule is O=C(Cn1nnc(-c2ccccc2)n1)Nc1ccnn1C1CCCC1. The summed E-state index contributed by atoms with van der Waals surface area (Å²) in [6.07, 6.45) is 6.35. The van der Waals surface area contributed by atoms with Crippen molar-refractivity contribution in [2.45, 2.75) is 38.3 Å². The molecule has 1 aromatic carbocycles. The highest BCUT2D eigenvalue weighted by Crippen LogP contribution is 2.31. The van der Waals surface area contributed by atoms with Crippen LogP contribution in [-0.2, 0) is 11.3 Å². The molecule has 3 aromatic rings. The molecule has 1 aliphatic carbocycles. The van der Waals surface area contributed by atoms with Crippen LogP contribution in [-0.4, -0.2) is 35.9 Å². The smallest absolute Gasteiger partial charge is 0.249 e. The van der Waals surface area contributed by atoms with Crippen molar-refractivity contribution in [3.63, 3.8) is 0 Å². The zero-order chi connectivity index (χ0) is 17.1. The zero-order valence-electron chi connectivity index (χ0n) is 13.7. The first kappa shape index (κ1) is 15.5. The first-order chi connectivity index (χ1) is 12.3. The number of benzene rings is 1. The molecule has 0 radical (unpaired) electrons. The summed E-state index contributed by atoms with van der Waals surface area (Å²) in [5, 5.41) is 19.5. The molecule has 8 heteroatoms. The van der Waals surface area contributed by atoms with Crippen molar-refractivity contribution in [2.75, 3.05) is 5.32 Å². The second-order valence-electron chi connectivity index (χ2n) is 6.16. The van der Waals surface area contributed by atoms with Crippen molar-refractivity contribution in [3.05, 3.63) is 42.6 Å². The molecule has 2 aromatic heterocycles. The van der Waals surface area contributed by atoms with Crippen molar-refractivity contribution in [2.24, 2.45) is 0 Å². The van der Waals surface area contributed by atoms with Crippen LogP contribution in [0.25, 0.3) is 11.4 Å². The number of anilines is 1. The first-order valence-corrected chi connectivity index (χ1v) is 8.46. The van der Waals surface area contributed by atoms with Gasteiger partial charge in [0, 0.05) is 11.6 Å². The van der Waals surface area contributed by atoms with Gasteiger partial charge in [-0.05, 0) is 18.1 Å². The minimum Gasteiger partial charge on any atom is -0.309 e. The van der Waals surface area contributed by atoms with E-state index in [1.54, 1.807) is 6.20 Å². The molecule has 0 spiro atoms. The van der Waals surface area contributed by atoms with Crippen LogP contribution in [0.5, 0.6) is 0 Å². The van der Waals surface area contributed by atoms with E-state index in [0.717, 1.165) is 24.2 Å². The molecular weight excluding hydrogens is 318 g/mol. The molecule has 1 fully saturated rings. The summed E-state index contributed by atoms with van der Waals surface area (Å²) in [4.78, 5) is 13.6. The average Bonchev–Trinajstić information content (AvgIpc) is 3.37. The molecule has 8 nitrogen and oxygen atoms in total. The van der Waals surface area contributed by atoms with Gasteiger partial charge in [-0.3, -0.25) is 4.79 Å². The minimum atomic E-state index is -0.197. The molecule has 0 atom stereocenters. The highest BCUT2D eigenvalue weighted by atomic mass is 16.2. The van der Waals surface area contributed by atoms with Crippen LogP contribution in [0.2, 0.25) is 0 Å². The van der Waals surface area contributed by atoms with Gasteiger partial charge in [0.05, 0.1) is 12.2 Å². The van der Waals surface area contributed by atoms with Gasteiger partial charge in [-0.25, -0.2) is 4.68 Å². The van der Waals surface area contributed by atoms with E-state index in [1.807, 2.05) is 41.1 Å². The number of amides is 1. The molecule has 0 unspecified atom stereocenters. The zero-order valence-corrected chi connectivity index (χ0v) is 13.7. The largest absolute Gasteiger partial charge is 0.309 e. The number of carbonyl (C=O) groups excluding carboxylic acids is 1. The molecule has 1 N–H and O–H groups in total. The second kappa shape index (κ2) is 6.84. The number of nitrogens with one attached hydrogen (secondary N) is 1. The predicted octanol–water partition coefficient (Wildman–Crippen LogP) is 2.29. The van der Waals surface area contributed by atoms with Gasteiger partial charge >= 0.3 is 0 Å². The number of carbonyl (C=O) groups is 1. The van der Waals surface area contributed by atoms with E-state index in [0.29, 0.717) is 11.9 Å². The quantitative estimate of drug-likeness (QED) is 0.771. The number of hydrogen-bond acceptors (Lipinski definition) is 5. The van der Waals surface area contributed by atoms with Crippen molar-refractivity contribution in [3.8, 4) is 11.4 Å². The van der Waals surface area contributed by atoms with Gasteiger partial charge in [-0.1, -0.05) is 43.2 Å². The van der Waals surface area contributed by atoms with Crippen molar-refractivity contribution >= 4 is 11.7 Å². The highest BCUT2D eigenvalue weighted by Gasteiger charge is 2.20. The van der Waals surface area contributed by atoms with Gasteiger partial charge in [0.2, 0.25) is 11.7 Å². The van der Waals surface area contributed by atoms with Crippen LogP contribution in [0, 0.1) is 0 Å². The van der Waals surface area contributed by atoms with Gasteiger partial charge in [-0.15, -0.1) is 10.2 Å². The van der Waals surface area contributed by atoms with Crippen LogP contribution < -0.4 is 5.32 Å². The summed E-state index contributed by atoms with van der Waals surface area (Å²) in [5.41, 5.74) is 0.869. The van der Waals surface area contributed by atoms with Gasteiger partial charge in [-0.2, -0.15) is 9.90 Å². The fraction of sp³-hybridized carbons (Fsp3) is 0.353. The summed E-state index contributed by atoms with van der Waals surface area (Å²) >= 11 is 0. The lowest BCUT2D eigenvalue weighted by Gasteiger charge is -2.14. The first-order valence-electron chi connectivity index (χ1n) is 8.46. The third-order valence-electron chi connectivity index (χ3n) is 4.38. The van der Waals surface area contributed by atoms with E-state index in [2.05, 4.69) is 25.8 Å². The Labute approximate surface area is 144 Å². The summed E-state index contributed by atoms with van der Waals surface area (Å²) in [6.45, 7) is 0.00960. The van der Waals surface area contributed by atoms with Gasteiger partial charge < -0.3 is 5.32 Å². The average molecular weight is 337 g/mol. The molecule has 4 rings (SSSR count). The Bertz CT molecular complexity index is 849. The maximum absolute atomic E-state index is 12.3. The number of tetrazole rings is 1. The summed E-state index contributed by atoms with van der Waals surface area (Å²) in [7, 11) is 0. The van der Waals surface area contributed by atoms with Gasteiger partial charge in [0.25, 0.3) is 0 Å². The Morgan fingerprint density at radius 1 is 1.16 bits per heavy atom. The lowest BCUT2D eigenvalue weighted by atomic mass is 10.2. The fourth-order valence-electron chi connectivity index (χ4n) is 3.18. The third kappa shape index (κ3) is 3.42. The van der Waals surface area contributed by atoms with Crippen LogP contribution >= 0.6 is 0 Å². The van der Waals surface area contributed by atoms with Crippen molar-refractivity contribution < 1.29 is 4.79 Å². The molecular formula is C17H19N7O. The highest BCUT2D eigenvalue weighted by molar-refractivity contribution is 5.89. The van der Waals surface area contributed by atoms with Crippen molar-refractivity contribution in [1.82, 2.24) is 30.0 Å². The van der Waals surface area contributed by atoms with Gasteiger partial charge in [0.1, 0.15) is 12.4 Å². The van der Waals surface area contributed by atoms with E-state index in [-0.39, 0.29) is 12.5 Å². The monoisotopic (exact) mass is 337 g/mol. The fourth-order valence-corrected chi connectivity index (χ4v) is 3.18. The van der Waals surface area contributed by atoms with Gasteiger partial charge in [0.15, 0.2) is 0 Å². The molecule has 1 amide bonds. The Hall–Kier alpha value is -3.03. The number of rotatable bonds is 5. The van der Waals surface area contributed by atoms with E-state index in [9.17, 15) is 4.79 Å². The third-order valence-corrected chi connectivity index (χ3v) is 4.38. The van der Waals surface area contributed by atoms with E-state index in [4.69, 9.17) is 0 Å². The van der Waals surface area contributed by atoms with E-state index in [1.165, 1.54) is 17.6 Å². The molecule has 0 aliphatic heterocycles. The summed E-state index contributed by atoms with van der Waals surface area (Å²) in [6, 6.07) is 11.7. The molecule has 2 heterocycles. The van der Waals surface area contributed by atoms with Crippen LogP contribution in [0.3, 0.4) is 0 Å². The lowest BCUT2D eigenvalue weighted by molar-refractivity contribution is -0.117. The predicted molar refractivity (Wildman–Crippen MR) is 91.6 cm³/mol. The van der Waals surface area contributed by atoms with Crippen LogP contribution in [0.4, 0.5) is 5.82 Å². The van der Waals surface area contributed by atoms with E-state index < -0.39 is 0 Å². The number of hydrogen-bond donors (Lipinski definition) is 1. The Morgan fingerprint density at radius 3 is 2.76 bits per heavy atom. The number of nitrogens with zero attached hydrogens (tertiary/aromatic N) is 6. The molecule has 1 aliphatic rings. The molecule has 25 heavy (non-hydrogen) atoms. The molecule has 0 saturated heterocycles. The van der Waals surface area contributed by atoms with E-state index >= 15 is 0 Å². The Kier molecular flexibility index (Phi) is 4.24. The Morgan fingerprint density at radius 2 is 1.96 bits per heavy atom. The Balaban J connectivity index is 1.42. The molecule has 0 bridgehead atoms. The van der Waals surface area contributed by atoms with Crippen LogP contribution in [0.1, 0.15) is 31.7 Å². The standard InChI is InChI=1S/C17H19N7O/c25-16(19-15-10-11-18-24(15)14-8-4-5-9-14)12-23-21-17(20-22-23)13-6-2-1-3-7-13/h1-3,6-7,10-11,14H,4-5,8-9,12H2,(H,19,25). The number of aromatic nitrogens is 6. The molecule has 128 valence electrons. The maximum Gasteiger partial charge on any atom is 0.249 e. The van der Waals surface area contributed by atoms with Crippen LogP contribution in [0.15, 0.2) is 42.6 Å². The summed E-state index contributed by atoms with van der Waals surface area (Å²) in [5.74, 6) is 1.03. The normalized spacial score (nSPS) is 14.7. The minimum absolute atomic E-state index is 0.00960. The summed E-state index contributed by atoms with van der Waals surface area (Å²) < 4.78 is 1.91. The maximum atomic E-state index is 12.3. The topological polar surface area (TPSA) is 90.5 Å². The lowest BCUT2D eigenvalue weighted by Crippen LogP contribution is -2.23.